The van der Waals surface area contributed by atoms with E-state index in [-0.39, 0.29) is 17.5 Å². The maximum Gasteiger partial charge on any atom is 0.328 e. The first-order valence-electron chi connectivity index (χ1n) is 9.45. The molecule has 0 spiro atoms. The number of rotatable bonds is 2. The van der Waals surface area contributed by atoms with Crippen LogP contribution in [0.5, 0.6) is 0 Å². The number of aromatic nitrogens is 2. The molecule has 2 bridgehead atoms. The van der Waals surface area contributed by atoms with Crippen LogP contribution in [0.25, 0.3) is 0 Å². The zero-order valence-corrected chi connectivity index (χ0v) is 15.1. The number of H-pyrrole nitrogens is 1. The number of carbonyl (C=O) groups excluding carboxylic acids is 1. The van der Waals surface area contributed by atoms with Gasteiger partial charge in [-0.2, -0.15) is 0 Å². The molecule has 4 aliphatic rings. The molecule has 4 aliphatic heterocycles. The van der Waals surface area contributed by atoms with Crippen LogP contribution in [0, 0.1) is 5.92 Å². The van der Waals surface area contributed by atoms with E-state index in [2.05, 4.69) is 9.88 Å². The molecule has 4 fully saturated rings. The topological polar surface area (TPSA) is 87.6 Å². The number of carbonyl (C=O) groups is 1. The molecular formula is C18H26N4O4. The number of aryl methyl sites for hydroxylation is 1. The number of nitrogens with zero attached hydrogens (tertiary/aromatic N) is 3. The fourth-order valence-corrected chi connectivity index (χ4v) is 4.59. The third kappa shape index (κ3) is 3.23. The molecule has 8 heteroatoms. The second-order valence-corrected chi connectivity index (χ2v) is 7.77. The summed E-state index contributed by atoms with van der Waals surface area (Å²) in [5.41, 5.74) is -1.05. The Morgan fingerprint density at radius 1 is 1.08 bits per heavy atom. The zero-order chi connectivity index (χ0) is 18.3. The van der Waals surface area contributed by atoms with Gasteiger partial charge >= 0.3 is 5.69 Å². The fraction of sp³-hybridized carbons (Fsp3) is 0.722. The minimum absolute atomic E-state index is 0.0530. The van der Waals surface area contributed by atoms with Crippen molar-refractivity contribution in [3.8, 4) is 0 Å². The predicted molar refractivity (Wildman–Crippen MR) is 95.3 cm³/mol. The molecule has 1 N–H and O–H groups in total. The van der Waals surface area contributed by atoms with Gasteiger partial charge in [0.15, 0.2) is 0 Å². The van der Waals surface area contributed by atoms with Gasteiger partial charge in [0.2, 0.25) is 0 Å². The number of hydrogen-bond donors (Lipinski definition) is 1. The summed E-state index contributed by atoms with van der Waals surface area (Å²) < 4.78 is 6.73. The van der Waals surface area contributed by atoms with E-state index in [9.17, 15) is 14.4 Å². The molecule has 4 saturated heterocycles. The van der Waals surface area contributed by atoms with Crippen molar-refractivity contribution < 1.29 is 9.53 Å². The molecule has 1 amide bonds. The Morgan fingerprint density at radius 2 is 1.85 bits per heavy atom. The van der Waals surface area contributed by atoms with Gasteiger partial charge in [0.05, 0.1) is 0 Å². The average Bonchev–Trinajstić information content (AvgIpc) is 2.97. The van der Waals surface area contributed by atoms with Crippen LogP contribution in [-0.2, 0) is 11.8 Å². The van der Waals surface area contributed by atoms with E-state index >= 15 is 0 Å². The smallest absolute Gasteiger partial charge is 0.328 e. The molecule has 5 rings (SSSR count). The first-order chi connectivity index (χ1) is 12.5. The second-order valence-electron chi connectivity index (χ2n) is 7.77. The summed E-state index contributed by atoms with van der Waals surface area (Å²) in [6.45, 7) is 4.18. The Labute approximate surface area is 151 Å². The number of aromatic amines is 1. The second kappa shape index (κ2) is 7.00. The van der Waals surface area contributed by atoms with Crippen molar-refractivity contribution in [1.82, 2.24) is 19.4 Å². The Kier molecular flexibility index (Phi) is 4.71. The highest BCUT2D eigenvalue weighted by molar-refractivity contribution is 5.93. The Hall–Kier alpha value is -1.93. The van der Waals surface area contributed by atoms with Gasteiger partial charge in [-0.15, -0.1) is 0 Å². The molecule has 1 aromatic heterocycles. The molecule has 0 aromatic carbocycles. The Balaban J connectivity index is 1.56. The minimum Gasteiger partial charge on any atom is -0.381 e. The monoisotopic (exact) mass is 362 g/mol. The van der Waals surface area contributed by atoms with Crippen molar-refractivity contribution in [1.29, 1.82) is 0 Å². The Bertz CT molecular complexity index is 795. The van der Waals surface area contributed by atoms with Crippen LogP contribution in [-0.4, -0.2) is 70.2 Å². The number of piperidine rings is 1. The zero-order valence-electron chi connectivity index (χ0n) is 15.1. The van der Waals surface area contributed by atoms with Gasteiger partial charge in [0, 0.05) is 58.2 Å². The molecule has 142 valence electrons. The van der Waals surface area contributed by atoms with Gasteiger partial charge in [0.25, 0.3) is 11.5 Å². The lowest BCUT2D eigenvalue weighted by molar-refractivity contribution is 0.0304. The summed E-state index contributed by atoms with van der Waals surface area (Å²) in [5.74, 6) is 0.178. The summed E-state index contributed by atoms with van der Waals surface area (Å²) in [4.78, 5) is 43.4. The van der Waals surface area contributed by atoms with Crippen LogP contribution < -0.4 is 11.2 Å². The van der Waals surface area contributed by atoms with Gasteiger partial charge in [0.1, 0.15) is 5.56 Å². The van der Waals surface area contributed by atoms with Gasteiger partial charge < -0.3 is 14.2 Å². The molecule has 2 atom stereocenters. The number of ether oxygens (including phenoxy) is 1. The van der Waals surface area contributed by atoms with Crippen molar-refractivity contribution in [3.05, 3.63) is 32.6 Å². The highest BCUT2D eigenvalue weighted by Crippen LogP contribution is 2.31. The first-order valence-corrected chi connectivity index (χ1v) is 9.45. The summed E-state index contributed by atoms with van der Waals surface area (Å²) in [7, 11) is 1.54. The standard InChI is InChI=1S/C18H26N4O4/c1-20-11-15(16(23)19-18(20)25)17(24)22-9-12-2-3-14(22)10-21(8-12)13-4-6-26-7-5-13/h11-14H,2-10H2,1H3,(H,19,23,25). The highest BCUT2D eigenvalue weighted by Gasteiger charge is 2.40. The van der Waals surface area contributed by atoms with E-state index in [4.69, 9.17) is 4.74 Å². The van der Waals surface area contributed by atoms with Gasteiger partial charge in [-0.05, 0) is 31.6 Å². The number of nitrogens with one attached hydrogen (secondary N) is 1. The van der Waals surface area contributed by atoms with Gasteiger partial charge in [-0.25, -0.2) is 4.79 Å². The predicted octanol–water partition coefficient (Wildman–Crippen LogP) is -0.211. The van der Waals surface area contributed by atoms with E-state index in [0.717, 1.165) is 52.0 Å². The van der Waals surface area contributed by atoms with E-state index in [1.54, 1.807) is 0 Å². The Morgan fingerprint density at radius 3 is 2.62 bits per heavy atom. The minimum atomic E-state index is -0.598. The van der Waals surface area contributed by atoms with E-state index in [0.29, 0.717) is 18.5 Å². The summed E-state index contributed by atoms with van der Waals surface area (Å²) >= 11 is 0. The van der Waals surface area contributed by atoms with Crippen LogP contribution >= 0.6 is 0 Å². The summed E-state index contributed by atoms with van der Waals surface area (Å²) in [6, 6.07) is 0.656. The molecule has 0 radical (unpaired) electrons. The average molecular weight is 362 g/mol. The summed E-state index contributed by atoms with van der Waals surface area (Å²) in [6.07, 6.45) is 5.55. The number of amides is 1. The van der Waals surface area contributed by atoms with Crippen LogP contribution in [0.3, 0.4) is 0 Å². The lowest BCUT2D eigenvalue weighted by Crippen LogP contribution is -2.50. The first kappa shape index (κ1) is 17.5. The number of fused-ring (bicyclic) bond motifs is 4. The maximum absolute atomic E-state index is 13.1. The molecular weight excluding hydrogens is 336 g/mol. The lowest BCUT2D eigenvalue weighted by atomic mass is 9.94. The van der Waals surface area contributed by atoms with Crippen LogP contribution in [0.15, 0.2) is 15.8 Å². The molecule has 26 heavy (non-hydrogen) atoms. The van der Waals surface area contributed by atoms with E-state index in [1.165, 1.54) is 17.8 Å². The molecule has 0 saturated carbocycles. The SMILES string of the molecule is Cn1cc(C(=O)N2CC3CCC2CN(C2CCOCC2)C3)c(=O)[nH]c1=O. The van der Waals surface area contributed by atoms with Crippen LogP contribution in [0.1, 0.15) is 36.0 Å². The van der Waals surface area contributed by atoms with Crippen molar-refractivity contribution in [2.24, 2.45) is 13.0 Å². The number of hydrogen-bond acceptors (Lipinski definition) is 5. The van der Waals surface area contributed by atoms with E-state index < -0.39 is 11.2 Å². The van der Waals surface area contributed by atoms with Crippen molar-refractivity contribution in [3.63, 3.8) is 0 Å². The third-order valence-corrected chi connectivity index (χ3v) is 6.05. The fourth-order valence-electron chi connectivity index (χ4n) is 4.59. The molecule has 0 aliphatic carbocycles. The summed E-state index contributed by atoms with van der Waals surface area (Å²) in [5, 5.41) is 0. The largest absolute Gasteiger partial charge is 0.381 e. The quantitative estimate of drug-likeness (QED) is 0.787. The van der Waals surface area contributed by atoms with Crippen LogP contribution in [0.4, 0.5) is 0 Å². The maximum atomic E-state index is 13.1. The van der Waals surface area contributed by atoms with Crippen molar-refractivity contribution in [2.45, 2.75) is 37.8 Å². The van der Waals surface area contributed by atoms with Crippen LogP contribution in [0.2, 0.25) is 0 Å². The van der Waals surface area contributed by atoms with Crippen molar-refractivity contribution >= 4 is 5.91 Å². The van der Waals surface area contributed by atoms with Crippen molar-refractivity contribution in [2.75, 3.05) is 32.8 Å². The normalized spacial score (nSPS) is 27.5. The highest BCUT2D eigenvalue weighted by atomic mass is 16.5. The molecule has 2 unspecified atom stereocenters. The van der Waals surface area contributed by atoms with Gasteiger partial charge in [-0.3, -0.25) is 19.5 Å². The van der Waals surface area contributed by atoms with Gasteiger partial charge in [-0.1, -0.05) is 0 Å². The third-order valence-electron chi connectivity index (χ3n) is 6.05. The lowest BCUT2D eigenvalue weighted by Gasteiger charge is -2.37. The molecule has 8 nitrogen and oxygen atoms in total. The molecule has 1 aromatic rings. The molecule has 5 heterocycles. The van der Waals surface area contributed by atoms with E-state index in [1.807, 2.05) is 4.90 Å².